The normalized spacial score (nSPS) is 11.9. The van der Waals surface area contributed by atoms with Gasteiger partial charge in [-0.1, -0.05) is 12.1 Å². The van der Waals surface area contributed by atoms with Crippen LogP contribution in [0.15, 0.2) is 24.3 Å². The summed E-state index contributed by atoms with van der Waals surface area (Å²) >= 11 is 0. The van der Waals surface area contributed by atoms with Crippen molar-refractivity contribution in [1.82, 2.24) is 5.32 Å². The molecule has 1 aromatic carbocycles. The molecule has 0 heterocycles. The van der Waals surface area contributed by atoms with Crippen LogP contribution in [0, 0.1) is 0 Å². The third-order valence-electron chi connectivity index (χ3n) is 1.93. The molecule has 0 saturated carbocycles. The number of nitrogens with one attached hydrogen (secondary N) is 1. The summed E-state index contributed by atoms with van der Waals surface area (Å²) in [7, 11) is 1.53. The van der Waals surface area contributed by atoms with Gasteiger partial charge in [-0.05, 0) is 17.7 Å². The number of methoxy groups -OCH3 is 1. The van der Waals surface area contributed by atoms with Gasteiger partial charge in [0.25, 0.3) is 0 Å². The maximum atomic E-state index is 10.2. The van der Waals surface area contributed by atoms with Crippen LogP contribution in [0.5, 0.6) is 5.75 Å². The minimum atomic E-state index is -1.16. The molecule has 0 saturated heterocycles. The fourth-order valence-corrected chi connectivity index (χ4v) is 1.15. The third kappa shape index (κ3) is 3.47. The van der Waals surface area contributed by atoms with E-state index >= 15 is 0 Å². The highest BCUT2D eigenvalue weighted by atomic mass is 16.5. The van der Waals surface area contributed by atoms with Crippen molar-refractivity contribution in [2.45, 2.75) is 6.10 Å². The van der Waals surface area contributed by atoms with E-state index in [1.54, 1.807) is 24.3 Å². The zero-order valence-corrected chi connectivity index (χ0v) is 8.30. The lowest BCUT2D eigenvalue weighted by Crippen LogP contribution is -2.26. The highest BCUT2D eigenvalue weighted by Gasteiger charge is 2.09. The maximum absolute atomic E-state index is 10.2. The van der Waals surface area contributed by atoms with Crippen LogP contribution < -0.4 is 10.1 Å². The molecule has 82 valence electrons. The first-order valence-corrected chi connectivity index (χ1v) is 4.42. The van der Waals surface area contributed by atoms with Gasteiger partial charge < -0.3 is 20.3 Å². The van der Waals surface area contributed by atoms with E-state index in [2.05, 4.69) is 5.32 Å². The van der Waals surface area contributed by atoms with Crippen molar-refractivity contribution in [3.8, 4) is 5.75 Å². The molecule has 0 aliphatic carbocycles. The fraction of sp³-hybridized carbons (Fsp3) is 0.300. The highest BCUT2D eigenvalue weighted by Crippen LogP contribution is 2.18. The standard InChI is InChI=1S/C10H13NO4/c1-15-8-4-2-3-7(5-8)9(12)6-11-10(13)14/h2-5,9,11-12H,6H2,1H3,(H,13,14). The number of ether oxygens (including phenoxy) is 1. The molecule has 1 atom stereocenters. The number of carbonyl (C=O) groups is 1. The Morgan fingerprint density at radius 3 is 2.93 bits per heavy atom. The molecule has 15 heavy (non-hydrogen) atoms. The molecule has 0 aliphatic heterocycles. The van der Waals surface area contributed by atoms with Crippen LogP contribution >= 0.6 is 0 Å². The Balaban J connectivity index is 2.64. The van der Waals surface area contributed by atoms with E-state index in [9.17, 15) is 9.90 Å². The van der Waals surface area contributed by atoms with Crippen LogP contribution in [0.25, 0.3) is 0 Å². The summed E-state index contributed by atoms with van der Waals surface area (Å²) in [5, 5.41) is 20.1. The van der Waals surface area contributed by atoms with Crippen LogP contribution in [-0.2, 0) is 0 Å². The van der Waals surface area contributed by atoms with E-state index in [1.807, 2.05) is 0 Å². The average Bonchev–Trinajstić information content (AvgIpc) is 2.26. The largest absolute Gasteiger partial charge is 0.497 e. The number of aliphatic hydroxyl groups is 1. The van der Waals surface area contributed by atoms with E-state index in [4.69, 9.17) is 9.84 Å². The minimum absolute atomic E-state index is 0.0392. The van der Waals surface area contributed by atoms with Crippen LogP contribution in [0.1, 0.15) is 11.7 Å². The van der Waals surface area contributed by atoms with Crippen molar-refractivity contribution in [2.24, 2.45) is 0 Å². The van der Waals surface area contributed by atoms with Crippen molar-refractivity contribution < 1.29 is 19.7 Å². The number of rotatable bonds is 4. The highest BCUT2D eigenvalue weighted by molar-refractivity contribution is 5.64. The quantitative estimate of drug-likeness (QED) is 0.694. The molecule has 0 aromatic heterocycles. The fourth-order valence-electron chi connectivity index (χ4n) is 1.15. The number of aliphatic hydroxyl groups excluding tert-OH is 1. The second kappa shape index (κ2) is 5.21. The molecular formula is C10H13NO4. The molecule has 1 aromatic rings. The van der Waals surface area contributed by atoms with E-state index in [1.165, 1.54) is 7.11 Å². The first kappa shape index (κ1) is 11.3. The first-order chi connectivity index (χ1) is 7.13. The van der Waals surface area contributed by atoms with Crippen molar-refractivity contribution in [2.75, 3.05) is 13.7 Å². The number of hydrogen-bond donors (Lipinski definition) is 3. The van der Waals surface area contributed by atoms with E-state index < -0.39 is 12.2 Å². The molecule has 5 heteroatoms. The summed E-state index contributed by atoms with van der Waals surface area (Å²) in [5.41, 5.74) is 0.614. The summed E-state index contributed by atoms with van der Waals surface area (Å²) < 4.78 is 4.98. The average molecular weight is 211 g/mol. The number of carboxylic acid groups (broad SMARTS) is 1. The van der Waals surface area contributed by atoms with E-state index in [0.717, 1.165) is 0 Å². The van der Waals surface area contributed by atoms with Gasteiger partial charge in [0.15, 0.2) is 0 Å². The zero-order valence-electron chi connectivity index (χ0n) is 8.30. The van der Waals surface area contributed by atoms with Gasteiger partial charge in [-0.3, -0.25) is 0 Å². The van der Waals surface area contributed by atoms with Gasteiger partial charge in [0.05, 0.1) is 19.8 Å². The second-order valence-electron chi connectivity index (χ2n) is 2.98. The molecule has 0 spiro atoms. The molecule has 5 nitrogen and oxygen atoms in total. The molecule has 0 aliphatic rings. The van der Waals surface area contributed by atoms with Crippen molar-refractivity contribution in [1.29, 1.82) is 0 Å². The molecule has 3 N–H and O–H groups in total. The van der Waals surface area contributed by atoms with Crippen LogP contribution in [-0.4, -0.2) is 30.0 Å². The SMILES string of the molecule is COc1cccc(C(O)CNC(=O)O)c1. The molecular weight excluding hydrogens is 198 g/mol. The Bertz CT molecular complexity index is 340. The van der Waals surface area contributed by atoms with E-state index in [-0.39, 0.29) is 6.54 Å². The smallest absolute Gasteiger partial charge is 0.404 e. The van der Waals surface area contributed by atoms with Gasteiger partial charge in [0.1, 0.15) is 5.75 Å². The Morgan fingerprint density at radius 1 is 1.60 bits per heavy atom. The number of benzene rings is 1. The number of hydrogen-bond acceptors (Lipinski definition) is 3. The van der Waals surface area contributed by atoms with Gasteiger partial charge in [-0.15, -0.1) is 0 Å². The lowest BCUT2D eigenvalue weighted by Gasteiger charge is -2.11. The molecule has 1 amide bonds. The zero-order chi connectivity index (χ0) is 11.3. The van der Waals surface area contributed by atoms with Crippen LogP contribution in [0.4, 0.5) is 4.79 Å². The summed E-state index contributed by atoms with van der Waals surface area (Å²) in [6, 6.07) is 6.85. The number of amides is 1. The van der Waals surface area contributed by atoms with Gasteiger partial charge in [0.2, 0.25) is 0 Å². The van der Waals surface area contributed by atoms with Crippen LogP contribution in [0.2, 0.25) is 0 Å². The van der Waals surface area contributed by atoms with Crippen molar-refractivity contribution >= 4 is 6.09 Å². The molecule has 0 radical (unpaired) electrons. The van der Waals surface area contributed by atoms with Gasteiger partial charge in [0, 0.05) is 0 Å². The Kier molecular flexibility index (Phi) is 3.93. The molecule has 1 rings (SSSR count). The van der Waals surface area contributed by atoms with Gasteiger partial charge in [-0.2, -0.15) is 0 Å². The van der Waals surface area contributed by atoms with Gasteiger partial charge in [-0.25, -0.2) is 4.79 Å². The summed E-state index contributed by atoms with van der Waals surface area (Å²) in [4.78, 5) is 10.2. The maximum Gasteiger partial charge on any atom is 0.404 e. The second-order valence-corrected chi connectivity index (χ2v) is 2.98. The molecule has 1 unspecified atom stereocenters. The third-order valence-corrected chi connectivity index (χ3v) is 1.93. The predicted octanol–water partition coefficient (Wildman–Crippen LogP) is 0.996. The Labute approximate surface area is 87.3 Å². The summed E-state index contributed by atoms with van der Waals surface area (Å²) in [6.07, 6.45) is -2.02. The first-order valence-electron chi connectivity index (χ1n) is 4.42. The predicted molar refractivity (Wildman–Crippen MR) is 54.0 cm³/mol. The Hall–Kier alpha value is -1.75. The molecule has 0 bridgehead atoms. The van der Waals surface area contributed by atoms with Gasteiger partial charge >= 0.3 is 6.09 Å². The lowest BCUT2D eigenvalue weighted by molar-refractivity contribution is 0.158. The summed E-state index contributed by atoms with van der Waals surface area (Å²) in [6.45, 7) is -0.0392. The molecule has 0 fully saturated rings. The van der Waals surface area contributed by atoms with Crippen LogP contribution in [0.3, 0.4) is 0 Å². The minimum Gasteiger partial charge on any atom is -0.497 e. The topological polar surface area (TPSA) is 78.8 Å². The monoisotopic (exact) mass is 211 g/mol. The van der Waals surface area contributed by atoms with E-state index in [0.29, 0.717) is 11.3 Å². The Morgan fingerprint density at radius 2 is 2.33 bits per heavy atom. The lowest BCUT2D eigenvalue weighted by atomic mass is 10.1. The van der Waals surface area contributed by atoms with Crippen molar-refractivity contribution in [3.05, 3.63) is 29.8 Å². The van der Waals surface area contributed by atoms with Crippen molar-refractivity contribution in [3.63, 3.8) is 0 Å². The summed E-state index contributed by atoms with van der Waals surface area (Å²) in [5.74, 6) is 0.627.